The fourth-order valence-corrected chi connectivity index (χ4v) is 5.19. The molecule has 11 heteroatoms. The summed E-state index contributed by atoms with van der Waals surface area (Å²) < 4.78 is 12.9. The highest BCUT2D eigenvalue weighted by molar-refractivity contribution is 5.98. The molecule has 1 aliphatic heterocycles. The zero-order valence-corrected chi connectivity index (χ0v) is 25.3. The Labute approximate surface area is 252 Å². The van der Waals surface area contributed by atoms with E-state index in [1.54, 1.807) is 60.9 Å². The normalized spacial score (nSPS) is 15.4. The molecule has 1 aromatic heterocycles. The first-order valence-corrected chi connectivity index (χ1v) is 14.6. The van der Waals surface area contributed by atoms with Gasteiger partial charge in [0.05, 0.1) is 18.8 Å². The molecule has 1 saturated heterocycles. The van der Waals surface area contributed by atoms with Gasteiger partial charge in [0.25, 0.3) is 11.6 Å². The van der Waals surface area contributed by atoms with Crippen LogP contribution in [-0.2, 0) is 31.3 Å². The van der Waals surface area contributed by atoms with Gasteiger partial charge in [-0.25, -0.2) is 4.98 Å². The number of ether oxygens (including phenoxy) is 2. The van der Waals surface area contributed by atoms with Crippen molar-refractivity contribution in [3.05, 3.63) is 78.2 Å². The zero-order chi connectivity index (χ0) is 31.0. The summed E-state index contributed by atoms with van der Waals surface area (Å²) in [4.78, 5) is 46.4. The van der Waals surface area contributed by atoms with Gasteiger partial charge < -0.3 is 30.7 Å². The highest BCUT2D eigenvalue weighted by Gasteiger charge is 2.46. The predicted octanol–water partition coefficient (Wildman–Crippen LogP) is 3.05. The third kappa shape index (κ3) is 7.41. The maximum Gasteiger partial charge on any atom is 0.281 e. The van der Waals surface area contributed by atoms with E-state index in [1.807, 2.05) is 30.3 Å². The number of benzene rings is 2. The first-order chi connectivity index (χ1) is 20.6. The number of hydrogen-bond donors (Lipinski definition) is 3. The van der Waals surface area contributed by atoms with Gasteiger partial charge >= 0.3 is 0 Å². The van der Waals surface area contributed by atoms with Crippen molar-refractivity contribution in [1.29, 1.82) is 0 Å². The number of aromatic nitrogens is 2. The van der Waals surface area contributed by atoms with E-state index in [9.17, 15) is 14.4 Å². The zero-order valence-electron chi connectivity index (χ0n) is 25.3. The Kier molecular flexibility index (Phi) is 10.2. The molecule has 0 radical (unpaired) electrons. The fraction of sp³-hybridized carbons (Fsp3) is 0.438. The second kappa shape index (κ2) is 13.8. The third-order valence-corrected chi connectivity index (χ3v) is 7.67. The largest absolute Gasteiger partial charge is 0.497 e. The number of likely N-dealkylation sites (tertiary alicyclic amines) is 1. The minimum absolute atomic E-state index is 0.212. The standard InChI is InChI=1S/C32H42N6O5/c1-31(2,33)29(40)35-26(14-10-13-23-11-6-5-7-12-23)28(39)36-27-21-38(22-34-27)32(43-4,30(41)37-19-8-9-20-37)24-15-17-25(42-3)18-16-24/h5-7,11-12,15-18,21-22,26H,8-10,13-14,19-20,33H2,1-4H3,(H,35,40)(H,36,39)/t26-,32?/m1/s1. The summed E-state index contributed by atoms with van der Waals surface area (Å²) in [5.74, 6) is -0.254. The summed E-state index contributed by atoms with van der Waals surface area (Å²) in [5.41, 5.74) is 5.01. The van der Waals surface area contributed by atoms with Gasteiger partial charge in [-0.1, -0.05) is 30.3 Å². The van der Waals surface area contributed by atoms with Crippen LogP contribution in [0.2, 0.25) is 0 Å². The molecule has 1 fully saturated rings. The molecule has 1 unspecified atom stereocenters. The summed E-state index contributed by atoms with van der Waals surface area (Å²) in [7, 11) is 3.05. The number of hydrogen-bond acceptors (Lipinski definition) is 7. The molecule has 1 aliphatic rings. The second-order valence-electron chi connectivity index (χ2n) is 11.4. The van der Waals surface area contributed by atoms with E-state index in [0.717, 1.165) is 24.8 Å². The van der Waals surface area contributed by atoms with Crippen molar-refractivity contribution in [3.8, 4) is 5.75 Å². The SMILES string of the molecule is COc1ccc(C(OC)(C(=O)N2CCCC2)n2cnc(NC(=O)[C@@H](CCCc3ccccc3)NC(=O)C(C)(C)N)c2)cc1. The van der Waals surface area contributed by atoms with Crippen molar-refractivity contribution in [2.24, 2.45) is 5.73 Å². The average Bonchev–Trinajstić information content (AvgIpc) is 3.71. The number of anilines is 1. The minimum atomic E-state index is -1.56. The van der Waals surface area contributed by atoms with Crippen molar-refractivity contribution in [3.63, 3.8) is 0 Å². The minimum Gasteiger partial charge on any atom is -0.497 e. The van der Waals surface area contributed by atoms with E-state index in [4.69, 9.17) is 15.2 Å². The molecule has 0 bridgehead atoms. The molecule has 43 heavy (non-hydrogen) atoms. The van der Waals surface area contributed by atoms with E-state index in [-0.39, 0.29) is 11.7 Å². The van der Waals surface area contributed by atoms with Crippen LogP contribution in [0.3, 0.4) is 0 Å². The number of carbonyl (C=O) groups excluding carboxylic acids is 3. The highest BCUT2D eigenvalue weighted by Crippen LogP contribution is 2.33. The number of aryl methyl sites for hydroxylation is 1. The average molecular weight is 591 g/mol. The van der Waals surface area contributed by atoms with Crippen LogP contribution in [0.1, 0.15) is 50.7 Å². The first kappa shape index (κ1) is 31.7. The first-order valence-electron chi connectivity index (χ1n) is 14.6. The monoisotopic (exact) mass is 590 g/mol. The maximum atomic E-state index is 14.0. The summed E-state index contributed by atoms with van der Waals surface area (Å²) in [6.07, 6.45) is 6.66. The van der Waals surface area contributed by atoms with Crippen LogP contribution in [0.15, 0.2) is 67.1 Å². The third-order valence-electron chi connectivity index (χ3n) is 7.67. The Morgan fingerprint density at radius 2 is 1.70 bits per heavy atom. The number of nitrogens with two attached hydrogens (primary N) is 1. The van der Waals surface area contributed by atoms with E-state index in [1.165, 1.54) is 13.4 Å². The number of nitrogens with zero attached hydrogens (tertiary/aromatic N) is 3. The van der Waals surface area contributed by atoms with Gasteiger partial charge in [-0.2, -0.15) is 0 Å². The molecule has 4 N–H and O–H groups in total. The molecule has 0 spiro atoms. The summed E-state index contributed by atoms with van der Waals surface area (Å²) >= 11 is 0. The van der Waals surface area contributed by atoms with E-state index in [0.29, 0.717) is 37.2 Å². The number of carbonyl (C=O) groups is 3. The van der Waals surface area contributed by atoms with Gasteiger partial charge in [0.2, 0.25) is 11.8 Å². The molecule has 230 valence electrons. The molecule has 2 aromatic carbocycles. The van der Waals surface area contributed by atoms with Crippen molar-refractivity contribution in [2.45, 2.75) is 63.3 Å². The number of nitrogens with one attached hydrogen (secondary N) is 2. The van der Waals surface area contributed by atoms with E-state index < -0.39 is 29.1 Å². The second-order valence-corrected chi connectivity index (χ2v) is 11.4. The topological polar surface area (TPSA) is 141 Å². The van der Waals surface area contributed by atoms with Crippen molar-refractivity contribution in [2.75, 3.05) is 32.6 Å². The summed E-state index contributed by atoms with van der Waals surface area (Å²) in [6.45, 7) is 4.42. The lowest BCUT2D eigenvalue weighted by molar-refractivity contribution is -0.160. The molecule has 0 saturated carbocycles. The Morgan fingerprint density at radius 3 is 2.30 bits per heavy atom. The van der Waals surface area contributed by atoms with Gasteiger partial charge in [0, 0.05) is 25.8 Å². The van der Waals surface area contributed by atoms with Crippen molar-refractivity contribution < 1.29 is 23.9 Å². The Hall–Kier alpha value is -4.22. The van der Waals surface area contributed by atoms with Gasteiger partial charge in [-0.15, -0.1) is 0 Å². The van der Waals surface area contributed by atoms with E-state index >= 15 is 0 Å². The lowest BCUT2D eigenvalue weighted by atomic mass is 10.00. The predicted molar refractivity (Wildman–Crippen MR) is 163 cm³/mol. The number of methoxy groups -OCH3 is 2. The Bertz CT molecular complexity index is 1380. The number of imidazole rings is 1. The summed E-state index contributed by atoms with van der Waals surface area (Å²) in [6, 6.07) is 16.2. The molecule has 11 nitrogen and oxygen atoms in total. The van der Waals surface area contributed by atoms with Gasteiger partial charge in [-0.05, 0) is 75.8 Å². The smallest absolute Gasteiger partial charge is 0.281 e. The van der Waals surface area contributed by atoms with Gasteiger partial charge in [0.15, 0.2) is 5.82 Å². The van der Waals surface area contributed by atoms with Crippen molar-refractivity contribution in [1.82, 2.24) is 19.8 Å². The molecular formula is C32H42N6O5. The van der Waals surface area contributed by atoms with Crippen LogP contribution in [0.25, 0.3) is 0 Å². The molecular weight excluding hydrogens is 548 g/mol. The molecule has 3 aromatic rings. The quantitative estimate of drug-likeness (QED) is 0.278. The summed E-state index contributed by atoms with van der Waals surface area (Å²) in [5, 5.41) is 5.61. The van der Waals surface area contributed by atoms with Crippen LogP contribution in [0.4, 0.5) is 5.82 Å². The lowest BCUT2D eigenvalue weighted by Gasteiger charge is -2.35. The molecule has 0 aliphatic carbocycles. The van der Waals surface area contributed by atoms with Crippen LogP contribution in [0, 0.1) is 0 Å². The van der Waals surface area contributed by atoms with Crippen LogP contribution in [0.5, 0.6) is 5.75 Å². The van der Waals surface area contributed by atoms with Gasteiger partial charge in [0.1, 0.15) is 18.1 Å². The lowest BCUT2D eigenvalue weighted by Crippen LogP contribution is -2.55. The Morgan fingerprint density at radius 1 is 1.02 bits per heavy atom. The van der Waals surface area contributed by atoms with Crippen LogP contribution in [-0.4, -0.2) is 71.1 Å². The molecule has 4 rings (SSSR count). The van der Waals surface area contributed by atoms with Crippen molar-refractivity contribution >= 4 is 23.5 Å². The van der Waals surface area contributed by atoms with Gasteiger partial charge in [-0.3, -0.25) is 19.0 Å². The van der Waals surface area contributed by atoms with Crippen LogP contribution < -0.4 is 21.1 Å². The Balaban J connectivity index is 1.58. The molecule has 2 heterocycles. The number of rotatable bonds is 13. The van der Waals surface area contributed by atoms with E-state index in [2.05, 4.69) is 15.6 Å². The molecule has 2 atom stereocenters. The van der Waals surface area contributed by atoms with Crippen LogP contribution >= 0.6 is 0 Å². The highest BCUT2D eigenvalue weighted by atomic mass is 16.5. The number of amides is 3. The maximum absolute atomic E-state index is 14.0. The molecule has 3 amide bonds. The fourth-order valence-electron chi connectivity index (χ4n) is 5.19.